The molecule has 3 N–H and O–H groups in total. The topological polar surface area (TPSA) is 95.1 Å². The zero-order valence-electron chi connectivity index (χ0n) is 14.3. The van der Waals surface area contributed by atoms with Gasteiger partial charge in [0, 0.05) is 16.1 Å². The fourth-order valence-corrected chi connectivity index (χ4v) is 3.88. The van der Waals surface area contributed by atoms with Crippen LogP contribution in [0.1, 0.15) is 17.8 Å². The van der Waals surface area contributed by atoms with Crippen molar-refractivity contribution in [2.45, 2.75) is 13.0 Å². The van der Waals surface area contributed by atoms with Crippen molar-refractivity contribution in [2.24, 2.45) is 5.73 Å². The summed E-state index contributed by atoms with van der Waals surface area (Å²) in [7, 11) is 1.62. The van der Waals surface area contributed by atoms with E-state index in [1.807, 2.05) is 48.7 Å². The monoisotopic (exact) mass is 367 g/mol. The van der Waals surface area contributed by atoms with Crippen LogP contribution < -0.4 is 15.8 Å². The first-order valence-electron chi connectivity index (χ1n) is 8.00. The van der Waals surface area contributed by atoms with Crippen LogP contribution >= 0.6 is 11.3 Å². The van der Waals surface area contributed by atoms with Gasteiger partial charge in [0.15, 0.2) is 5.82 Å². The number of hydrogen-bond donors (Lipinski definition) is 2. The lowest BCUT2D eigenvalue weighted by molar-refractivity contribution is -0.115. The number of anilines is 1. The fraction of sp³-hybridized carbons (Fsp3) is 0.167. The summed E-state index contributed by atoms with van der Waals surface area (Å²) in [5, 5.41) is 9.76. The van der Waals surface area contributed by atoms with Gasteiger partial charge in [-0.15, -0.1) is 16.4 Å². The quantitative estimate of drug-likeness (QED) is 0.739. The second kappa shape index (κ2) is 6.30. The summed E-state index contributed by atoms with van der Waals surface area (Å²) in [4.78, 5) is 17.7. The zero-order chi connectivity index (χ0) is 18.3. The maximum absolute atomic E-state index is 12.1. The van der Waals surface area contributed by atoms with Crippen molar-refractivity contribution in [3.05, 3.63) is 57.9 Å². The van der Waals surface area contributed by atoms with Crippen molar-refractivity contribution in [2.75, 3.05) is 12.4 Å². The molecule has 1 aliphatic rings. The van der Waals surface area contributed by atoms with E-state index < -0.39 is 11.9 Å². The zero-order valence-corrected chi connectivity index (χ0v) is 15.1. The number of rotatable bonds is 4. The molecule has 0 spiro atoms. The molecule has 4 rings (SSSR count). The largest absolute Gasteiger partial charge is 0.497 e. The van der Waals surface area contributed by atoms with Crippen LogP contribution in [-0.2, 0) is 4.79 Å². The van der Waals surface area contributed by atoms with Crippen LogP contribution in [0.25, 0.3) is 11.4 Å². The molecule has 2 aromatic heterocycles. The summed E-state index contributed by atoms with van der Waals surface area (Å²) < 4.78 is 6.99. The highest BCUT2D eigenvalue weighted by Gasteiger charge is 2.33. The highest BCUT2D eigenvalue weighted by molar-refractivity contribution is 7.10. The van der Waals surface area contributed by atoms with Gasteiger partial charge in [-0.05, 0) is 30.5 Å². The summed E-state index contributed by atoms with van der Waals surface area (Å²) >= 11 is 1.55. The summed E-state index contributed by atoms with van der Waals surface area (Å²) in [5.74, 6) is 1.37. The third kappa shape index (κ3) is 2.64. The molecular formula is C18H17N5O2S. The number of primary amides is 1. The van der Waals surface area contributed by atoms with Crippen molar-refractivity contribution in [3.63, 3.8) is 0 Å². The smallest absolute Gasteiger partial charge is 0.248 e. The molecule has 1 aromatic carbocycles. The number of amides is 1. The molecule has 26 heavy (non-hydrogen) atoms. The van der Waals surface area contributed by atoms with E-state index in [1.54, 1.807) is 23.1 Å². The normalized spacial score (nSPS) is 16.2. The Morgan fingerprint density at radius 3 is 2.88 bits per heavy atom. The highest BCUT2D eigenvalue weighted by atomic mass is 32.1. The van der Waals surface area contributed by atoms with E-state index in [4.69, 9.17) is 10.5 Å². The van der Waals surface area contributed by atoms with Gasteiger partial charge < -0.3 is 15.8 Å². The Morgan fingerprint density at radius 1 is 1.35 bits per heavy atom. The third-order valence-electron chi connectivity index (χ3n) is 4.26. The predicted octanol–water partition coefficient (Wildman–Crippen LogP) is 2.79. The molecule has 0 radical (unpaired) electrons. The number of aromatic nitrogens is 3. The summed E-state index contributed by atoms with van der Waals surface area (Å²) in [5.41, 5.74) is 7.66. The van der Waals surface area contributed by atoms with E-state index in [9.17, 15) is 4.79 Å². The SMILES string of the molecule is COc1cccc(-c2nc3n(n2)C(c2cccs2)C(C(N)=O)=C(C)N3)c1. The molecule has 0 aliphatic carbocycles. The van der Waals surface area contributed by atoms with Crippen LogP contribution in [0, 0.1) is 0 Å². The second-order valence-electron chi connectivity index (χ2n) is 5.88. The molecule has 0 saturated heterocycles. The van der Waals surface area contributed by atoms with Gasteiger partial charge >= 0.3 is 0 Å². The van der Waals surface area contributed by atoms with Gasteiger partial charge in [-0.3, -0.25) is 4.79 Å². The fourth-order valence-electron chi connectivity index (χ4n) is 3.06. The molecule has 1 amide bonds. The second-order valence-corrected chi connectivity index (χ2v) is 6.86. The van der Waals surface area contributed by atoms with E-state index in [-0.39, 0.29) is 0 Å². The predicted molar refractivity (Wildman–Crippen MR) is 100.0 cm³/mol. The first kappa shape index (κ1) is 16.3. The molecule has 7 nitrogen and oxygen atoms in total. The Bertz CT molecular complexity index is 1010. The van der Waals surface area contributed by atoms with Crippen LogP contribution in [0.5, 0.6) is 5.75 Å². The van der Waals surface area contributed by atoms with Crippen molar-refractivity contribution in [1.82, 2.24) is 14.8 Å². The lowest BCUT2D eigenvalue weighted by Gasteiger charge is -2.26. The number of benzene rings is 1. The molecule has 0 bridgehead atoms. The number of methoxy groups -OCH3 is 1. The molecule has 3 heterocycles. The number of fused-ring (bicyclic) bond motifs is 1. The molecule has 1 unspecified atom stereocenters. The van der Waals surface area contributed by atoms with Gasteiger partial charge in [0.05, 0.1) is 12.7 Å². The van der Waals surface area contributed by atoms with E-state index >= 15 is 0 Å². The van der Waals surface area contributed by atoms with Gasteiger partial charge in [0.1, 0.15) is 11.8 Å². The summed E-state index contributed by atoms with van der Waals surface area (Å²) in [6.07, 6.45) is 0. The van der Waals surface area contributed by atoms with Gasteiger partial charge in [-0.1, -0.05) is 18.2 Å². The number of carbonyl (C=O) groups is 1. The number of nitrogens with one attached hydrogen (secondary N) is 1. The lowest BCUT2D eigenvalue weighted by Crippen LogP contribution is -2.31. The maximum atomic E-state index is 12.1. The molecule has 1 atom stereocenters. The number of carbonyl (C=O) groups excluding carboxylic acids is 1. The number of ether oxygens (including phenoxy) is 1. The number of thiophene rings is 1. The number of allylic oxidation sites excluding steroid dienone is 1. The van der Waals surface area contributed by atoms with Crippen LogP contribution in [0.4, 0.5) is 5.95 Å². The lowest BCUT2D eigenvalue weighted by atomic mass is 10.0. The molecule has 1 aliphatic heterocycles. The maximum Gasteiger partial charge on any atom is 0.248 e. The molecule has 0 fully saturated rings. The Labute approximate surface area is 154 Å². The minimum Gasteiger partial charge on any atom is -0.497 e. The number of nitrogens with two attached hydrogens (primary N) is 1. The van der Waals surface area contributed by atoms with Gasteiger partial charge in [-0.2, -0.15) is 4.98 Å². The molecule has 3 aromatic rings. The first-order chi connectivity index (χ1) is 12.6. The summed E-state index contributed by atoms with van der Waals surface area (Å²) in [6, 6.07) is 11.1. The molecule has 8 heteroatoms. The van der Waals surface area contributed by atoms with Crippen molar-refractivity contribution < 1.29 is 9.53 Å². The minimum atomic E-state index is -0.475. The van der Waals surface area contributed by atoms with E-state index in [0.29, 0.717) is 23.0 Å². The Morgan fingerprint density at radius 2 is 2.19 bits per heavy atom. The average Bonchev–Trinajstić information content (AvgIpc) is 3.30. The highest BCUT2D eigenvalue weighted by Crippen LogP contribution is 2.37. The van der Waals surface area contributed by atoms with Crippen LogP contribution in [0.2, 0.25) is 0 Å². The molecule has 132 valence electrons. The van der Waals surface area contributed by atoms with E-state index in [0.717, 1.165) is 16.2 Å². The summed E-state index contributed by atoms with van der Waals surface area (Å²) in [6.45, 7) is 1.82. The average molecular weight is 367 g/mol. The number of hydrogen-bond acceptors (Lipinski definition) is 6. The van der Waals surface area contributed by atoms with Gasteiger partial charge in [0.25, 0.3) is 0 Å². The van der Waals surface area contributed by atoms with E-state index in [1.165, 1.54) is 0 Å². The van der Waals surface area contributed by atoms with Crippen molar-refractivity contribution in [1.29, 1.82) is 0 Å². The van der Waals surface area contributed by atoms with Gasteiger partial charge in [-0.25, -0.2) is 4.68 Å². The first-order valence-corrected chi connectivity index (χ1v) is 8.88. The standard InChI is InChI=1S/C18H17N5O2S/c1-10-14(16(19)24)15(13-7-4-8-26-13)23-18(20-10)21-17(22-23)11-5-3-6-12(9-11)25-2/h3-9,15H,1-2H3,(H2,19,24)(H,20,21,22). The molecular weight excluding hydrogens is 350 g/mol. The minimum absolute atomic E-state index is 0.393. The van der Waals surface area contributed by atoms with E-state index in [2.05, 4.69) is 15.4 Å². The Balaban J connectivity index is 1.85. The van der Waals surface area contributed by atoms with Gasteiger partial charge in [0.2, 0.25) is 11.9 Å². The third-order valence-corrected chi connectivity index (χ3v) is 5.18. The Hall–Kier alpha value is -3.13. The van der Waals surface area contributed by atoms with Crippen molar-refractivity contribution in [3.8, 4) is 17.1 Å². The van der Waals surface area contributed by atoms with Crippen molar-refractivity contribution >= 4 is 23.2 Å². The Kier molecular flexibility index (Phi) is 3.96. The number of nitrogens with zero attached hydrogens (tertiary/aromatic N) is 3. The van der Waals surface area contributed by atoms with Crippen LogP contribution in [-0.4, -0.2) is 27.8 Å². The molecule has 0 saturated carbocycles. The van der Waals surface area contributed by atoms with Crippen LogP contribution in [0.15, 0.2) is 53.0 Å². The van der Waals surface area contributed by atoms with Crippen LogP contribution in [0.3, 0.4) is 0 Å².